The van der Waals surface area contributed by atoms with Gasteiger partial charge in [0.25, 0.3) is 0 Å². The number of aromatic nitrogens is 5. The lowest BCUT2D eigenvalue weighted by molar-refractivity contribution is 1.01. The number of pyridine rings is 1. The maximum absolute atomic E-state index is 6.25. The quantitative estimate of drug-likeness (QED) is 0.567. The maximum atomic E-state index is 6.25. The molecule has 0 saturated carbocycles. The lowest BCUT2D eigenvalue weighted by atomic mass is 10.2. The molecule has 0 bridgehead atoms. The monoisotopic (exact) mass is 262 g/mol. The van der Waals surface area contributed by atoms with E-state index in [1.807, 2.05) is 41.0 Å². The Balaban J connectivity index is 2.05. The van der Waals surface area contributed by atoms with Gasteiger partial charge < -0.3 is 5.73 Å². The van der Waals surface area contributed by atoms with Crippen molar-refractivity contribution in [1.82, 2.24) is 24.5 Å². The van der Waals surface area contributed by atoms with Gasteiger partial charge in [0, 0.05) is 5.69 Å². The summed E-state index contributed by atoms with van der Waals surface area (Å²) in [7, 11) is 0. The average molecular weight is 262 g/mol. The van der Waals surface area contributed by atoms with Crippen molar-refractivity contribution in [1.29, 1.82) is 0 Å². The van der Waals surface area contributed by atoms with E-state index in [9.17, 15) is 0 Å². The molecule has 4 rings (SSSR count). The van der Waals surface area contributed by atoms with E-state index in [4.69, 9.17) is 5.73 Å². The molecule has 1 aromatic carbocycles. The van der Waals surface area contributed by atoms with Crippen LogP contribution in [0.5, 0.6) is 0 Å². The summed E-state index contributed by atoms with van der Waals surface area (Å²) in [6.07, 6.45) is 3.15. The van der Waals surface area contributed by atoms with Gasteiger partial charge in [-0.15, -0.1) is 0 Å². The zero-order chi connectivity index (χ0) is 13.5. The van der Waals surface area contributed by atoms with Gasteiger partial charge in [-0.25, -0.2) is 19.9 Å². The highest BCUT2D eigenvalue weighted by Crippen LogP contribution is 2.23. The van der Waals surface area contributed by atoms with E-state index >= 15 is 0 Å². The smallest absolute Gasteiger partial charge is 0.181 e. The number of hydrogen-bond acceptors (Lipinski definition) is 5. The van der Waals surface area contributed by atoms with Crippen molar-refractivity contribution in [3.63, 3.8) is 0 Å². The first kappa shape index (κ1) is 10.9. The van der Waals surface area contributed by atoms with Crippen molar-refractivity contribution in [3.05, 3.63) is 49.1 Å². The first-order valence-electron chi connectivity index (χ1n) is 6.12. The van der Waals surface area contributed by atoms with Crippen molar-refractivity contribution in [2.24, 2.45) is 0 Å². The number of fused-ring (bicyclic) bond motifs is 2. The van der Waals surface area contributed by atoms with E-state index in [0.717, 1.165) is 16.6 Å². The highest BCUT2D eigenvalue weighted by molar-refractivity contribution is 5.93. The summed E-state index contributed by atoms with van der Waals surface area (Å²) in [4.78, 5) is 16.9. The lowest BCUT2D eigenvalue weighted by Gasteiger charge is -2.11. The molecule has 96 valence electrons. The second kappa shape index (κ2) is 3.99. The van der Waals surface area contributed by atoms with Crippen molar-refractivity contribution in [2.45, 2.75) is 0 Å². The molecular formula is C14H10N6. The predicted molar refractivity (Wildman–Crippen MR) is 76.4 cm³/mol. The third kappa shape index (κ3) is 1.51. The topological polar surface area (TPSA) is 82.5 Å². The van der Waals surface area contributed by atoms with E-state index in [-0.39, 0.29) is 0 Å². The summed E-state index contributed by atoms with van der Waals surface area (Å²) in [5.41, 5.74) is 9.07. The summed E-state index contributed by atoms with van der Waals surface area (Å²) in [6, 6.07) is 11.7. The Morgan fingerprint density at radius 1 is 0.950 bits per heavy atom. The molecule has 0 unspecified atom stereocenters. The summed E-state index contributed by atoms with van der Waals surface area (Å²) < 4.78 is 1.83. The van der Waals surface area contributed by atoms with E-state index < -0.39 is 0 Å². The molecule has 20 heavy (non-hydrogen) atoms. The molecule has 0 radical (unpaired) electrons. The van der Waals surface area contributed by atoms with Gasteiger partial charge in [-0.2, -0.15) is 0 Å². The normalized spacial score (nSPS) is 11.2. The van der Waals surface area contributed by atoms with Gasteiger partial charge in [0.05, 0.1) is 5.39 Å². The van der Waals surface area contributed by atoms with Crippen molar-refractivity contribution >= 4 is 28.0 Å². The van der Waals surface area contributed by atoms with Crippen molar-refractivity contribution in [2.75, 3.05) is 5.73 Å². The molecule has 0 spiro atoms. The lowest BCUT2D eigenvalue weighted by Crippen LogP contribution is -2.06. The number of nitrogens with zero attached hydrogens (tertiary/aromatic N) is 5. The average Bonchev–Trinajstić information content (AvgIpc) is 2.94. The number of hydrogen-bond donors (Lipinski definition) is 1. The number of imidazole rings is 1. The highest BCUT2D eigenvalue weighted by atomic mass is 15.1. The Labute approximate surface area is 113 Å². The van der Waals surface area contributed by atoms with E-state index in [1.165, 1.54) is 6.33 Å². The Hall–Kier alpha value is -3.02. The fraction of sp³-hybridized carbons (Fsp3) is 0. The molecule has 0 aliphatic rings. The molecule has 4 aromatic rings. The van der Waals surface area contributed by atoms with Gasteiger partial charge in [-0.05, 0) is 18.2 Å². The third-order valence-corrected chi connectivity index (χ3v) is 3.21. The van der Waals surface area contributed by atoms with Crippen LogP contribution in [-0.2, 0) is 0 Å². The van der Waals surface area contributed by atoms with Gasteiger partial charge in [-0.1, -0.05) is 18.2 Å². The minimum absolute atomic E-state index is 0.572. The number of benzene rings is 1. The van der Waals surface area contributed by atoms with Gasteiger partial charge in [0.15, 0.2) is 11.3 Å². The second-order valence-corrected chi connectivity index (χ2v) is 4.41. The first-order valence-corrected chi connectivity index (χ1v) is 6.12. The summed E-state index contributed by atoms with van der Waals surface area (Å²) in [6.45, 7) is 0. The van der Waals surface area contributed by atoms with E-state index in [2.05, 4.69) is 19.9 Å². The molecule has 0 saturated heterocycles. The molecule has 3 heterocycles. The number of para-hydroxylation sites is 1. The van der Waals surface area contributed by atoms with Crippen molar-refractivity contribution < 1.29 is 0 Å². The van der Waals surface area contributed by atoms with E-state index in [1.54, 1.807) is 6.33 Å². The molecular weight excluding hydrogens is 252 g/mol. The Morgan fingerprint density at radius 2 is 1.80 bits per heavy atom. The van der Waals surface area contributed by atoms with Crippen molar-refractivity contribution in [3.8, 4) is 5.69 Å². The van der Waals surface area contributed by atoms with Crippen LogP contribution in [-0.4, -0.2) is 24.5 Å². The third-order valence-electron chi connectivity index (χ3n) is 3.21. The Kier molecular flexibility index (Phi) is 2.17. The fourth-order valence-corrected chi connectivity index (χ4v) is 2.21. The molecule has 0 aliphatic carbocycles. The molecule has 2 N–H and O–H groups in total. The summed E-state index contributed by atoms with van der Waals surface area (Å²) >= 11 is 0. The molecule has 0 amide bonds. The van der Waals surface area contributed by atoms with Crippen LogP contribution < -0.4 is 5.73 Å². The van der Waals surface area contributed by atoms with Gasteiger partial charge >= 0.3 is 0 Å². The zero-order valence-electron chi connectivity index (χ0n) is 10.4. The second-order valence-electron chi connectivity index (χ2n) is 4.41. The minimum atomic E-state index is 0.572. The first-order chi connectivity index (χ1) is 9.83. The fourth-order valence-electron chi connectivity index (χ4n) is 2.21. The van der Waals surface area contributed by atoms with Crippen LogP contribution >= 0.6 is 0 Å². The molecule has 3 aromatic heterocycles. The van der Waals surface area contributed by atoms with Crippen LogP contribution in [0.25, 0.3) is 27.9 Å². The standard InChI is InChI=1S/C14H10N6/c15-12-10-6-11-14(17-7-16-11)19-13(10)18-8-20(12)9-4-2-1-3-5-9/h1-8H,15H2. The van der Waals surface area contributed by atoms with Crippen LogP contribution in [0.4, 0.5) is 5.82 Å². The van der Waals surface area contributed by atoms with Crippen LogP contribution in [0.3, 0.4) is 0 Å². The Bertz CT molecular complexity index is 913. The van der Waals surface area contributed by atoms with Gasteiger partial charge in [0.1, 0.15) is 24.0 Å². The molecule has 6 heteroatoms. The molecule has 0 fully saturated rings. The van der Waals surface area contributed by atoms with Crippen LogP contribution in [0.1, 0.15) is 0 Å². The van der Waals surface area contributed by atoms with Gasteiger partial charge in [-0.3, -0.25) is 4.57 Å². The highest BCUT2D eigenvalue weighted by Gasteiger charge is 2.09. The predicted octanol–water partition coefficient (Wildman–Crippen LogP) is 1.95. The molecule has 6 nitrogen and oxygen atoms in total. The number of nitrogen functional groups attached to an aromatic ring is 1. The van der Waals surface area contributed by atoms with Crippen LogP contribution in [0, 0.1) is 0 Å². The Morgan fingerprint density at radius 3 is 2.65 bits per heavy atom. The molecule has 0 atom stereocenters. The summed E-state index contributed by atoms with van der Waals surface area (Å²) in [5.74, 6) is 0.582. The minimum Gasteiger partial charge on any atom is -0.384 e. The number of nitrogens with two attached hydrogens (primary N) is 1. The SMILES string of the molecule is Nc1c2cc3ncnc3nc2ncn1-c1ccccc1. The number of rotatable bonds is 1. The maximum Gasteiger partial charge on any atom is 0.181 e. The van der Waals surface area contributed by atoms with Crippen LogP contribution in [0.2, 0.25) is 0 Å². The largest absolute Gasteiger partial charge is 0.384 e. The number of anilines is 1. The molecule has 0 aliphatic heterocycles. The zero-order valence-corrected chi connectivity index (χ0v) is 10.4. The van der Waals surface area contributed by atoms with Crippen LogP contribution in [0.15, 0.2) is 49.1 Å². The summed E-state index contributed by atoms with van der Waals surface area (Å²) in [5, 5.41) is 0.768. The van der Waals surface area contributed by atoms with Gasteiger partial charge in [0.2, 0.25) is 0 Å². The van der Waals surface area contributed by atoms with E-state index in [0.29, 0.717) is 17.1 Å².